The Morgan fingerprint density at radius 1 is 1.53 bits per heavy atom. The summed E-state index contributed by atoms with van der Waals surface area (Å²) in [5.74, 6) is 0.0140. The summed E-state index contributed by atoms with van der Waals surface area (Å²) in [6.45, 7) is 1.75. The lowest BCUT2D eigenvalue weighted by Gasteiger charge is -2.15. The molecule has 0 aromatic heterocycles. The van der Waals surface area contributed by atoms with E-state index in [0.717, 1.165) is 0 Å². The second-order valence-corrected chi connectivity index (χ2v) is 6.54. The molecule has 6 heteroatoms. The van der Waals surface area contributed by atoms with E-state index in [4.69, 9.17) is 16.9 Å². The van der Waals surface area contributed by atoms with Crippen LogP contribution in [0.2, 0.25) is 5.02 Å². The highest BCUT2D eigenvalue weighted by molar-refractivity contribution is 7.90. The Bertz CT molecular complexity index is 549. The Morgan fingerprint density at radius 2 is 2.18 bits per heavy atom. The fourth-order valence-corrected chi connectivity index (χ4v) is 2.63. The van der Waals surface area contributed by atoms with Crippen LogP contribution >= 0.6 is 11.6 Å². The van der Waals surface area contributed by atoms with E-state index in [1.807, 2.05) is 6.07 Å². The van der Waals surface area contributed by atoms with E-state index in [1.165, 1.54) is 6.26 Å². The van der Waals surface area contributed by atoms with Crippen LogP contribution in [-0.2, 0) is 9.84 Å². The van der Waals surface area contributed by atoms with Crippen LogP contribution in [0.15, 0.2) is 18.2 Å². The predicted octanol–water partition coefficient (Wildman–Crippen LogP) is 2.06. The Kier molecular flexibility index (Phi) is 4.38. The first kappa shape index (κ1) is 13.8. The molecular weight excluding hydrogens is 260 g/mol. The number of rotatable bonds is 4. The molecule has 1 aromatic rings. The van der Waals surface area contributed by atoms with Crippen molar-refractivity contribution in [1.29, 1.82) is 5.26 Å². The third-order valence-electron chi connectivity index (χ3n) is 2.05. The zero-order chi connectivity index (χ0) is 13.1. The van der Waals surface area contributed by atoms with Crippen LogP contribution in [0.25, 0.3) is 0 Å². The Morgan fingerprint density at radius 3 is 2.71 bits per heavy atom. The Labute approximate surface area is 106 Å². The van der Waals surface area contributed by atoms with Crippen molar-refractivity contribution < 1.29 is 8.42 Å². The van der Waals surface area contributed by atoms with Crippen molar-refractivity contribution in [3.63, 3.8) is 0 Å². The molecule has 0 aliphatic rings. The smallest absolute Gasteiger partial charge is 0.149 e. The number of halogens is 1. The first-order valence-corrected chi connectivity index (χ1v) is 7.39. The minimum atomic E-state index is -3.04. The molecule has 0 amide bonds. The van der Waals surface area contributed by atoms with Crippen LogP contribution in [0.1, 0.15) is 12.5 Å². The van der Waals surface area contributed by atoms with Gasteiger partial charge >= 0.3 is 0 Å². The summed E-state index contributed by atoms with van der Waals surface area (Å²) in [4.78, 5) is 0. The molecule has 0 spiro atoms. The summed E-state index contributed by atoms with van der Waals surface area (Å²) >= 11 is 5.95. The maximum Gasteiger partial charge on any atom is 0.149 e. The third kappa shape index (κ3) is 4.63. The summed E-state index contributed by atoms with van der Waals surface area (Å²) in [7, 11) is -3.04. The van der Waals surface area contributed by atoms with Gasteiger partial charge in [0.1, 0.15) is 9.84 Å². The first-order valence-electron chi connectivity index (χ1n) is 4.96. The average molecular weight is 273 g/mol. The lowest BCUT2D eigenvalue weighted by atomic mass is 10.2. The minimum absolute atomic E-state index is 0.0140. The number of nitrogens with zero attached hydrogens (tertiary/aromatic N) is 1. The number of nitrogens with one attached hydrogen (secondary N) is 1. The molecule has 0 radical (unpaired) electrons. The molecule has 1 unspecified atom stereocenters. The predicted molar refractivity (Wildman–Crippen MR) is 69.0 cm³/mol. The van der Waals surface area contributed by atoms with Gasteiger partial charge in [0, 0.05) is 12.3 Å². The Hall–Kier alpha value is -1.25. The van der Waals surface area contributed by atoms with E-state index in [9.17, 15) is 8.42 Å². The summed E-state index contributed by atoms with van der Waals surface area (Å²) in [6.07, 6.45) is 1.18. The fourth-order valence-electron chi connectivity index (χ4n) is 1.47. The van der Waals surface area contributed by atoms with Crippen LogP contribution in [0.4, 0.5) is 5.69 Å². The van der Waals surface area contributed by atoms with Gasteiger partial charge in [0.2, 0.25) is 0 Å². The van der Waals surface area contributed by atoms with Crippen LogP contribution in [0, 0.1) is 11.3 Å². The number of hydrogen-bond acceptors (Lipinski definition) is 4. The van der Waals surface area contributed by atoms with Gasteiger partial charge in [0.25, 0.3) is 0 Å². The van der Waals surface area contributed by atoms with Crippen molar-refractivity contribution in [3.05, 3.63) is 28.8 Å². The van der Waals surface area contributed by atoms with Gasteiger partial charge in [-0.3, -0.25) is 0 Å². The topological polar surface area (TPSA) is 70.0 Å². The molecule has 1 aromatic carbocycles. The zero-order valence-electron chi connectivity index (χ0n) is 9.57. The van der Waals surface area contributed by atoms with Crippen LogP contribution < -0.4 is 5.32 Å². The van der Waals surface area contributed by atoms with Gasteiger partial charge in [0.05, 0.1) is 28.1 Å². The van der Waals surface area contributed by atoms with E-state index in [2.05, 4.69) is 5.32 Å². The number of hydrogen-bond donors (Lipinski definition) is 1. The summed E-state index contributed by atoms with van der Waals surface area (Å²) in [6, 6.07) is 6.54. The summed E-state index contributed by atoms with van der Waals surface area (Å²) in [5.41, 5.74) is 1.05. The van der Waals surface area contributed by atoms with E-state index in [-0.39, 0.29) is 11.8 Å². The quantitative estimate of drug-likeness (QED) is 0.911. The van der Waals surface area contributed by atoms with Crippen LogP contribution in [0.3, 0.4) is 0 Å². The van der Waals surface area contributed by atoms with E-state index in [0.29, 0.717) is 16.3 Å². The molecule has 1 rings (SSSR count). The fraction of sp³-hybridized carbons (Fsp3) is 0.364. The van der Waals surface area contributed by atoms with Crippen molar-refractivity contribution in [1.82, 2.24) is 0 Å². The second-order valence-electron chi connectivity index (χ2n) is 3.94. The van der Waals surface area contributed by atoms with Gasteiger partial charge in [0.15, 0.2) is 0 Å². The van der Waals surface area contributed by atoms with E-state index in [1.54, 1.807) is 25.1 Å². The maximum atomic E-state index is 11.1. The first-order chi connectivity index (χ1) is 7.81. The number of nitriles is 1. The SMILES string of the molecule is CC(CS(C)(=O)=O)Nc1cc(C#N)ccc1Cl. The standard InChI is InChI=1S/C11H13ClN2O2S/c1-8(7-17(2,15)16)14-11-5-9(6-13)3-4-10(11)12/h3-5,8,14H,7H2,1-2H3. The van der Waals surface area contributed by atoms with Gasteiger partial charge in [-0.05, 0) is 25.1 Å². The number of benzene rings is 1. The molecular formula is C11H13ClN2O2S. The molecule has 0 aliphatic heterocycles. The highest BCUT2D eigenvalue weighted by Gasteiger charge is 2.12. The van der Waals surface area contributed by atoms with Gasteiger partial charge < -0.3 is 5.32 Å². The molecule has 92 valence electrons. The average Bonchev–Trinajstić information content (AvgIpc) is 2.18. The summed E-state index contributed by atoms with van der Waals surface area (Å²) < 4.78 is 22.2. The molecule has 17 heavy (non-hydrogen) atoms. The molecule has 0 saturated carbocycles. The van der Waals surface area contributed by atoms with Gasteiger partial charge in [-0.15, -0.1) is 0 Å². The highest BCUT2D eigenvalue weighted by atomic mass is 35.5. The molecule has 1 atom stereocenters. The minimum Gasteiger partial charge on any atom is -0.380 e. The zero-order valence-corrected chi connectivity index (χ0v) is 11.1. The molecule has 0 fully saturated rings. The molecule has 0 heterocycles. The van der Waals surface area contributed by atoms with Crippen molar-refractivity contribution in [2.75, 3.05) is 17.3 Å². The van der Waals surface area contributed by atoms with Gasteiger partial charge in [-0.25, -0.2) is 8.42 Å². The van der Waals surface area contributed by atoms with Crippen molar-refractivity contribution in [2.45, 2.75) is 13.0 Å². The third-order valence-corrected chi connectivity index (χ3v) is 3.49. The molecule has 0 bridgehead atoms. The van der Waals surface area contributed by atoms with Crippen molar-refractivity contribution in [3.8, 4) is 6.07 Å². The highest BCUT2D eigenvalue weighted by Crippen LogP contribution is 2.23. The maximum absolute atomic E-state index is 11.1. The summed E-state index contributed by atoms with van der Waals surface area (Å²) in [5, 5.41) is 12.2. The van der Waals surface area contributed by atoms with E-state index >= 15 is 0 Å². The normalized spacial score (nSPS) is 12.8. The van der Waals surface area contributed by atoms with Crippen LogP contribution in [-0.4, -0.2) is 26.5 Å². The van der Waals surface area contributed by atoms with Gasteiger partial charge in [-0.1, -0.05) is 11.6 Å². The monoisotopic (exact) mass is 272 g/mol. The van der Waals surface area contributed by atoms with Crippen LogP contribution in [0.5, 0.6) is 0 Å². The lowest BCUT2D eigenvalue weighted by Crippen LogP contribution is -2.25. The van der Waals surface area contributed by atoms with Crippen molar-refractivity contribution >= 4 is 27.1 Å². The number of sulfone groups is 1. The van der Waals surface area contributed by atoms with Gasteiger partial charge in [-0.2, -0.15) is 5.26 Å². The molecule has 0 saturated heterocycles. The molecule has 4 nitrogen and oxygen atoms in total. The van der Waals surface area contributed by atoms with E-state index < -0.39 is 9.84 Å². The Balaban J connectivity index is 2.85. The number of anilines is 1. The lowest BCUT2D eigenvalue weighted by molar-refractivity contribution is 0.598. The largest absolute Gasteiger partial charge is 0.380 e. The second kappa shape index (κ2) is 5.39. The van der Waals surface area contributed by atoms with Crippen molar-refractivity contribution in [2.24, 2.45) is 0 Å². The molecule has 0 aliphatic carbocycles. The molecule has 1 N–H and O–H groups in total.